The maximum absolute atomic E-state index is 8.80. The molecule has 4 heterocycles. The lowest BCUT2D eigenvalue weighted by molar-refractivity contribution is 0.322. The molecule has 0 unspecified atom stereocenters. The van der Waals surface area contributed by atoms with Gasteiger partial charge in [-0.25, -0.2) is 9.97 Å². The van der Waals surface area contributed by atoms with Crippen molar-refractivity contribution >= 4 is 22.8 Å². The highest BCUT2D eigenvalue weighted by Crippen LogP contribution is 2.35. The topological polar surface area (TPSA) is 104 Å². The largest absolute Gasteiger partial charge is 0.411 e. The number of oxime groups is 1. The van der Waals surface area contributed by atoms with E-state index in [1.54, 1.807) is 12.5 Å². The molecule has 0 aliphatic heterocycles. The lowest BCUT2D eigenvalue weighted by Gasteiger charge is -2.12. The molecule has 0 saturated heterocycles. The van der Waals surface area contributed by atoms with E-state index in [0.717, 1.165) is 50.2 Å². The summed E-state index contributed by atoms with van der Waals surface area (Å²) in [6.45, 7) is 0. The summed E-state index contributed by atoms with van der Waals surface area (Å²) in [5, 5.41) is 21.6. The summed E-state index contributed by atoms with van der Waals surface area (Å²) < 4.78 is 1.93. The van der Waals surface area contributed by atoms with Crippen molar-refractivity contribution in [3.05, 3.63) is 91.0 Å². The Morgan fingerprint density at radius 1 is 0.939 bits per heavy atom. The molecule has 0 spiro atoms. The van der Waals surface area contributed by atoms with Gasteiger partial charge in [0.25, 0.3) is 0 Å². The van der Waals surface area contributed by atoms with Crippen molar-refractivity contribution in [2.45, 2.75) is 0 Å². The number of rotatable bonds is 4. The van der Waals surface area contributed by atoms with E-state index in [-0.39, 0.29) is 0 Å². The number of aromatic nitrogens is 6. The SMILES string of the molecule is ON=Cc1ccc(-c2nc3ccn4c(-c5c[nH]cn5)nnc4c3cc2-c2ccccc2)cc1. The minimum atomic E-state index is 0.666. The van der Waals surface area contributed by atoms with Crippen LogP contribution in [0.15, 0.2) is 90.6 Å². The van der Waals surface area contributed by atoms with Crippen LogP contribution in [-0.2, 0) is 0 Å². The van der Waals surface area contributed by atoms with Crippen LogP contribution in [0.5, 0.6) is 0 Å². The van der Waals surface area contributed by atoms with E-state index in [9.17, 15) is 0 Å². The highest BCUT2D eigenvalue weighted by Gasteiger charge is 2.16. The summed E-state index contributed by atoms with van der Waals surface area (Å²) in [5.41, 5.74) is 6.93. The van der Waals surface area contributed by atoms with Crippen molar-refractivity contribution in [3.63, 3.8) is 0 Å². The molecule has 8 nitrogen and oxygen atoms in total. The van der Waals surface area contributed by atoms with Crippen molar-refractivity contribution in [3.8, 4) is 33.9 Å². The first-order valence-corrected chi connectivity index (χ1v) is 10.3. The molecular formula is C25H17N7O. The number of pyridine rings is 2. The van der Waals surface area contributed by atoms with Gasteiger partial charge in [-0.15, -0.1) is 10.2 Å². The van der Waals surface area contributed by atoms with Gasteiger partial charge in [0.1, 0.15) is 5.69 Å². The van der Waals surface area contributed by atoms with Crippen molar-refractivity contribution in [2.75, 3.05) is 0 Å². The second-order valence-corrected chi connectivity index (χ2v) is 7.54. The molecule has 33 heavy (non-hydrogen) atoms. The third kappa shape index (κ3) is 3.21. The standard InChI is InChI=1S/C25H17N7O/c33-28-13-16-6-8-18(9-7-16)23-19(17-4-2-1-3-5-17)12-20-21(29-23)10-11-32-24(20)30-31-25(32)22-14-26-15-27-22/h1-15,33H,(H,26,27). The fourth-order valence-corrected chi connectivity index (χ4v) is 4.00. The maximum atomic E-state index is 8.80. The predicted molar refractivity (Wildman–Crippen MR) is 126 cm³/mol. The van der Waals surface area contributed by atoms with Gasteiger partial charge in [0.15, 0.2) is 11.5 Å². The summed E-state index contributed by atoms with van der Waals surface area (Å²) in [6.07, 6.45) is 6.73. The van der Waals surface area contributed by atoms with E-state index >= 15 is 0 Å². The Hall–Kier alpha value is -4.85. The molecule has 0 radical (unpaired) electrons. The van der Waals surface area contributed by atoms with Crippen molar-refractivity contribution < 1.29 is 5.21 Å². The molecule has 0 fully saturated rings. The zero-order chi connectivity index (χ0) is 22.2. The predicted octanol–water partition coefficient (Wildman–Crippen LogP) is 4.81. The number of H-pyrrole nitrogens is 1. The van der Waals surface area contributed by atoms with E-state index in [4.69, 9.17) is 10.2 Å². The van der Waals surface area contributed by atoms with Gasteiger partial charge in [0.2, 0.25) is 0 Å². The fourth-order valence-electron chi connectivity index (χ4n) is 4.00. The van der Waals surface area contributed by atoms with Gasteiger partial charge in [-0.05, 0) is 23.3 Å². The Kier molecular flexibility index (Phi) is 4.40. The van der Waals surface area contributed by atoms with E-state index in [1.165, 1.54) is 6.21 Å². The number of benzene rings is 2. The number of hydrogen-bond acceptors (Lipinski definition) is 6. The quantitative estimate of drug-likeness (QED) is 0.237. The van der Waals surface area contributed by atoms with Crippen LogP contribution in [-0.4, -0.2) is 41.0 Å². The number of hydrogen-bond donors (Lipinski definition) is 2. The summed E-state index contributed by atoms with van der Waals surface area (Å²) in [5.74, 6) is 0.666. The normalized spacial score (nSPS) is 11.6. The first-order valence-electron chi connectivity index (χ1n) is 10.3. The van der Waals surface area contributed by atoms with Gasteiger partial charge in [-0.3, -0.25) is 4.40 Å². The van der Waals surface area contributed by atoms with E-state index in [1.807, 2.05) is 59.1 Å². The Morgan fingerprint density at radius 3 is 2.55 bits per heavy atom. The molecule has 0 aliphatic rings. The molecule has 0 atom stereocenters. The number of fused-ring (bicyclic) bond motifs is 3. The Morgan fingerprint density at radius 2 is 1.79 bits per heavy atom. The highest BCUT2D eigenvalue weighted by molar-refractivity contribution is 5.98. The zero-order valence-corrected chi connectivity index (χ0v) is 17.3. The van der Waals surface area contributed by atoms with Crippen molar-refractivity contribution in [2.24, 2.45) is 5.16 Å². The molecule has 0 aliphatic carbocycles. The Balaban J connectivity index is 1.61. The molecule has 6 rings (SSSR count). The van der Waals surface area contributed by atoms with Gasteiger partial charge in [-0.2, -0.15) is 0 Å². The number of imidazole rings is 1. The second kappa shape index (κ2) is 7.69. The zero-order valence-electron chi connectivity index (χ0n) is 17.3. The molecule has 2 N–H and O–H groups in total. The smallest absolute Gasteiger partial charge is 0.188 e. The molecule has 4 aromatic heterocycles. The summed E-state index contributed by atoms with van der Waals surface area (Å²) in [4.78, 5) is 12.3. The summed E-state index contributed by atoms with van der Waals surface area (Å²) in [6, 6.07) is 22.0. The Labute approximate surface area is 187 Å². The first kappa shape index (κ1) is 18.9. The van der Waals surface area contributed by atoms with Gasteiger partial charge >= 0.3 is 0 Å². The van der Waals surface area contributed by atoms with Gasteiger partial charge in [0.05, 0.1) is 23.8 Å². The average molecular weight is 431 g/mol. The Bertz CT molecular complexity index is 1600. The van der Waals surface area contributed by atoms with Crippen LogP contribution in [0.2, 0.25) is 0 Å². The molecule has 0 saturated carbocycles. The minimum Gasteiger partial charge on any atom is -0.411 e. The van der Waals surface area contributed by atoms with E-state index in [2.05, 4.69) is 43.5 Å². The van der Waals surface area contributed by atoms with Crippen molar-refractivity contribution in [1.29, 1.82) is 0 Å². The third-order valence-corrected chi connectivity index (χ3v) is 5.57. The molecule has 8 heteroatoms. The number of nitrogens with zero attached hydrogens (tertiary/aromatic N) is 6. The first-order chi connectivity index (χ1) is 16.3. The highest BCUT2D eigenvalue weighted by atomic mass is 16.4. The van der Waals surface area contributed by atoms with Crippen LogP contribution in [0.1, 0.15) is 5.56 Å². The van der Waals surface area contributed by atoms with Crippen LogP contribution in [0.3, 0.4) is 0 Å². The second-order valence-electron chi connectivity index (χ2n) is 7.54. The molecule has 6 aromatic rings. The molecule has 2 aromatic carbocycles. The monoisotopic (exact) mass is 431 g/mol. The molecular weight excluding hydrogens is 414 g/mol. The summed E-state index contributed by atoms with van der Waals surface area (Å²) in [7, 11) is 0. The van der Waals surface area contributed by atoms with Crippen LogP contribution >= 0.6 is 0 Å². The lowest BCUT2D eigenvalue weighted by atomic mass is 9.97. The minimum absolute atomic E-state index is 0.666. The van der Waals surface area contributed by atoms with Gasteiger partial charge in [-0.1, -0.05) is 59.8 Å². The number of aromatic amines is 1. The van der Waals surface area contributed by atoms with Crippen LogP contribution in [0.4, 0.5) is 0 Å². The van der Waals surface area contributed by atoms with Crippen LogP contribution in [0.25, 0.3) is 50.5 Å². The van der Waals surface area contributed by atoms with E-state index < -0.39 is 0 Å². The van der Waals surface area contributed by atoms with Crippen molar-refractivity contribution in [1.82, 2.24) is 29.5 Å². The summed E-state index contributed by atoms with van der Waals surface area (Å²) >= 11 is 0. The maximum Gasteiger partial charge on any atom is 0.188 e. The van der Waals surface area contributed by atoms with Crippen LogP contribution in [0, 0.1) is 0 Å². The number of nitrogens with one attached hydrogen (secondary N) is 1. The third-order valence-electron chi connectivity index (χ3n) is 5.57. The fraction of sp³-hybridized carbons (Fsp3) is 0. The van der Waals surface area contributed by atoms with Gasteiger partial charge < -0.3 is 10.2 Å². The van der Waals surface area contributed by atoms with Gasteiger partial charge in [0, 0.05) is 28.9 Å². The molecule has 158 valence electrons. The molecule has 0 amide bonds. The average Bonchev–Trinajstić information content (AvgIpc) is 3.54. The lowest BCUT2D eigenvalue weighted by Crippen LogP contribution is -1.95. The van der Waals surface area contributed by atoms with E-state index in [0.29, 0.717) is 5.82 Å². The molecule has 0 bridgehead atoms. The van der Waals surface area contributed by atoms with Crippen LogP contribution < -0.4 is 0 Å².